The normalized spacial score (nSPS) is 19.6. The maximum Gasteiger partial charge on any atom is 0.263 e. The SMILES string of the molecule is CNC(=O)c1sc(NC2CCCC2)c(C2CC2)c1N. The third-order valence-electron chi connectivity index (χ3n) is 4.09. The topological polar surface area (TPSA) is 67.2 Å². The monoisotopic (exact) mass is 279 g/mol. The Morgan fingerprint density at radius 2 is 1.95 bits per heavy atom. The molecule has 1 aromatic heterocycles. The molecule has 3 rings (SSSR count). The number of hydrogen-bond donors (Lipinski definition) is 3. The van der Waals surface area contributed by atoms with Gasteiger partial charge in [0.15, 0.2) is 0 Å². The highest BCUT2D eigenvalue weighted by molar-refractivity contribution is 7.18. The molecule has 0 spiro atoms. The molecule has 4 N–H and O–H groups in total. The molecule has 0 aliphatic heterocycles. The molecule has 19 heavy (non-hydrogen) atoms. The number of amides is 1. The average molecular weight is 279 g/mol. The lowest BCUT2D eigenvalue weighted by Crippen LogP contribution is -2.17. The number of nitrogen functional groups attached to an aromatic ring is 1. The van der Waals surface area contributed by atoms with Crippen LogP contribution in [0.5, 0.6) is 0 Å². The van der Waals surface area contributed by atoms with E-state index in [2.05, 4.69) is 10.6 Å². The zero-order chi connectivity index (χ0) is 13.4. The van der Waals surface area contributed by atoms with E-state index in [1.165, 1.54) is 55.4 Å². The van der Waals surface area contributed by atoms with Crippen LogP contribution in [-0.2, 0) is 0 Å². The van der Waals surface area contributed by atoms with Crippen LogP contribution in [0.25, 0.3) is 0 Å². The van der Waals surface area contributed by atoms with Gasteiger partial charge in [-0.15, -0.1) is 11.3 Å². The molecule has 2 aliphatic rings. The molecule has 1 amide bonds. The molecule has 2 saturated carbocycles. The number of carbonyl (C=O) groups is 1. The van der Waals surface area contributed by atoms with Gasteiger partial charge in [0.05, 0.1) is 10.7 Å². The summed E-state index contributed by atoms with van der Waals surface area (Å²) in [5.74, 6) is 0.502. The number of anilines is 2. The van der Waals surface area contributed by atoms with Crippen molar-refractivity contribution in [1.82, 2.24) is 5.32 Å². The first-order valence-corrected chi connectivity index (χ1v) is 7.93. The fraction of sp³-hybridized carbons (Fsp3) is 0.643. The Bertz CT molecular complexity index is 487. The lowest BCUT2D eigenvalue weighted by molar-refractivity contribution is 0.0968. The fourth-order valence-electron chi connectivity index (χ4n) is 2.88. The van der Waals surface area contributed by atoms with E-state index in [1.54, 1.807) is 7.05 Å². The standard InChI is InChI=1S/C14H21N3OS/c1-16-13(18)12-11(15)10(8-6-7-8)14(19-12)17-9-4-2-3-5-9/h8-9,17H,2-7,15H2,1H3,(H,16,18). The molecule has 0 bridgehead atoms. The molecule has 5 heteroatoms. The number of hydrogen-bond acceptors (Lipinski definition) is 4. The summed E-state index contributed by atoms with van der Waals surface area (Å²) in [4.78, 5) is 12.5. The van der Waals surface area contributed by atoms with Crippen LogP contribution in [0.15, 0.2) is 0 Å². The van der Waals surface area contributed by atoms with Crippen molar-refractivity contribution in [2.24, 2.45) is 0 Å². The zero-order valence-electron chi connectivity index (χ0n) is 11.3. The van der Waals surface area contributed by atoms with E-state index in [0.717, 1.165) is 5.00 Å². The Labute approximate surface area is 117 Å². The van der Waals surface area contributed by atoms with Gasteiger partial charge < -0.3 is 16.4 Å². The molecule has 0 unspecified atom stereocenters. The zero-order valence-corrected chi connectivity index (χ0v) is 12.1. The van der Waals surface area contributed by atoms with Crippen molar-refractivity contribution in [2.45, 2.75) is 50.5 Å². The summed E-state index contributed by atoms with van der Waals surface area (Å²) in [6.07, 6.45) is 7.48. The van der Waals surface area contributed by atoms with Crippen molar-refractivity contribution in [3.05, 3.63) is 10.4 Å². The van der Waals surface area contributed by atoms with E-state index in [0.29, 0.717) is 22.5 Å². The van der Waals surface area contributed by atoms with Crippen molar-refractivity contribution in [1.29, 1.82) is 0 Å². The van der Waals surface area contributed by atoms with E-state index >= 15 is 0 Å². The van der Waals surface area contributed by atoms with Crippen LogP contribution in [0.2, 0.25) is 0 Å². The molecule has 0 saturated heterocycles. The van der Waals surface area contributed by atoms with Gasteiger partial charge in [0.25, 0.3) is 5.91 Å². The van der Waals surface area contributed by atoms with Crippen LogP contribution in [0.3, 0.4) is 0 Å². The van der Waals surface area contributed by atoms with Gasteiger partial charge in [0.2, 0.25) is 0 Å². The highest BCUT2D eigenvalue weighted by atomic mass is 32.1. The quantitative estimate of drug-likeness (QED) is 0.794. The number of nitrogens with one attached hydrogen (secondary N) is 2. The van der Waals surface area contributed by atoms with E-state index in [9.17, 15) is 4.79 Å². The third-order valence-corrected chi connectivity index (χ3v) is 5.24. The van der Waals surface area contributed by atoms with Gasteiger partial charge >= 0.3 is 0 Å². The Morgan fingerprint density at radius 1 is 1.26 bits per heavy atom. The first-order chi connectivity index (χ1) is 9.20. The minimum atomic E-state index is -0.0659. The summed E-state index contributed by atoms with van der Waals surface area (Å²) in [5, 5.41) is 7.45. The van der Waals surface area contributed by atoms with Gasteiger partial charge in [-0.3, -0.25) is 4.79 Å². The summed E-state index contributed by atoms with van der Waals surface area (Å²) >= 11 is 1.53. The summed E-state index contributed by atoms with van der Waals surface area (Å²) in [5.41, 5.74) is 8.11. The molecule has 2 aliphatic carbocycles. The lowest BCUT2D eigenvalue weighted by Gasteiger charge is -2.13. The van der Waals surface area contributed by atoms with Crippen LogP contribution in [0.1, 0.15) is 59.7 Å². The van der Waals surface area contributed by atoms with Crippen LogP contribution < -0.4 is 16.4 Å². The summed E-state index contributed by atoms with van der Waals surface area (Å²) in [6, 6.07) is 0.563. The molecular weight excluding hydrogens is 258 g/mol. The molecular formula is C14H21N3OS. The molecule has 0 atom stereocenters. The van der Waals surface area contributed by atoms with Gasteiger partial charge in [0.1, 0.15) is 4.88 Å². The van der Waals surface area contributed by atoms with E-state index in [-0.39, 0.29) is 5.91 Å². The number of thiophene rings is 1. The third kappa shape index (κ3) is 2.43. The second-order valence-corrected chi connectivity index (χ2v) is 6.59. The van der Waals surface area contributed by atoms with Crippen LogP contribution in [0, 0.1) is 0 Å². The summed E-state index contributed by atoms with van der Waals surface area (Å²) < 4.78 is 0. The molecule has 2 fully saturated rings. The van der Waals surface area contributed by atoms with Crippen LogP contribution in [-0.4, -0.2) is 19.0 Å². The largest absolute Gasteiger partial charge is 0.397 e. The number of carbonyl (C=O) groups excluding carboxylic acids is 1. The van der Waals surface area contributed by atoms with Crippen molar-refractivity contribution >= 4 is 27.9 Å². The predicted octanol–water partition coefficient (Wildman–Crippen LogP) is 2.92. The number of nitrogens with two attached hydrogens (primary N) is 1. The molecule has 4 nitrogen and oxygen atoms in total. The van der Waals surface area contributed by atoms with Crippen molar-refractivity contribution in [2.75, 3.05) is 18.1 Å². The maximum absolute atomic E-state index is 11.9. The predicted molar refractivity (Wildman–Crippen MR) is 80.0 cm³/mol. The Morgan fingerprint density at radius 3 is 2.53 bits per heavy atom. The highest BCUT2D eigenvalue weighted by Gasteiger charge is 2.33. The molecule has 0 aromatic carbocycles. The minimum absolute atomic E-state index is 0.0659. The van der Waals surface area contributed by atoms with Gasteiger partial charge in [-0.25, -0.2) is 0 Å². The number of rotatable bonds is 4. The molecule has 1 heterocycles. The van der Waals surface area contributed by atoms with Gasteiger partial charge in [-0.05, 0) is 31.6 Å². The Hall–Kier alpha value is -1.23. The second-order valence-electron chi connectivity index (χ2n) is 5.57. The first-order valence-electron chi connectivity index (χ1n) is 7.11. The van der Waals surface area contributed by atoms with E-state index in [1.807, 2.05) is 0 Å². The smallest absolute Gasteiger partial charge is 0.263 e. The maximum atomic E-state index is 11.9. The van der Waals surface area contributed by atoms with Crippen molar-refractivity contribution < 1.29 is 4.79 Å². The first kappa shape index (κ1) is 12.8. The van der Waals surface area contributed by atoms with Crippen molar-refractivity contribution in [3.63, 3.8) is 0 Å². The molecule has 0 radical (unpaired) electrons. The van der Waals surface area contributed by atoms with Crippen LogP contribution >= 0.6 is 11.3 Å². The van der Waals surface area contributed by atoms with Gasteiger partial charge in [-0.1, -0.05) is 12.8 Å². The Balaban J connectivity index is 1.90. The van der Waals surface area contributed by atoms with Crippen molar-refractivity contribution in [3.8, 4) is 0 Å². The van der Waals surface area contributed by atoms with E-state index in [4.69, 9.17) is 5.73 Å². The highest BCUT2D eigenvalue weighted by Crippen LogP contribution is 2.51. The van der Waals surface area contributed by atoms with Gasteiger partial charge in [-0.2, -0.15) is 0 Å². The minimum Gasteiger partial charge on any atom is -0.397 e. The van der Waals surface area contributed by atoms with Gasteiger partial charge in [0, 0.05) is 18.7 Å². The molecule has 1 aromatic rings. The summed E-state index contributed by atoms with van der Waals surface area (Å²) in [6.45, 7) is 0. The summed E-state index contributed by atoms with van der Waals surface area (Å²) in [7, 11) is 1.66. The molecule has 104 valence electrons. The fourth-order valence-corrected chi connectivity index (χ4v) is 4.11. The second kappa shape index (κ2) is 5.04. The Kier molecular flexibility index (Phi) is 3.39. The van der Waals surface area contributed by atoms with E-state index < -0.39 is 0 Å². The average Bonchev–Trinajstić information content (AvgIpc) is 3.00. The van der Waals surface area contributed by atoms with Crippen LogP contribution in [0.4, 0.5) is 10.7 Å². The lowest BCUT2D eigenvalue weighted by atomic mass is 10.1.